The average Bonchev–Trinajstić information content (AvgIpc) is 1.83. The largest absolute Gasteiger partial charge is 0.158 e. The zero-order valence-corrected chi connectivity index (χ0v) is 7.52. The molecule has 0 aromatic heterocycles. The maximum absolute atomic E-state index is 3.84. The fourth-order valence-electron chi connectivity index (χ4n) is 0.285. The Bertz CT molecular complexity index is 70.9. The molecule has 0 aromatic rings. The van der Waals surface area contributed by atoms with E-state index in [-0.39, 0.29) is 0 Å². The van der Waals surface area contributed by atoms with E-state index < -0.39 is 0 Å². The summed E-state index contributed by atoms with van der Waals surface area (Å²) < 4.78 is 0. The lowest BCUT2D eigenvalue weighted by molar-refractivity contribution is 1.44. The molecule has 0 heterocycles. The fraction of sp³-hybridized carbons (Fsp3) is 0.667. The number of hydrogen-bond donors (Lipinski definition) is 0. The Balaban J connectivity index is 2.99. The first-order chi connectivity index (χ1) is 3.81. The van der Waals surface area contributed by atoms with Gasteiger partial charge in [0, 0.05) is 11.1 Å². The molecular formula is C6H11BrS. The highest BCUT2D eigenvalue weighted by Gasteiger charge is 1.87. The van der Waals surface area contributed by atoms with Crippen LogP contribution >= 0.6 is 27.7 Å². The van der Waals surface area contributed by atoms with Crippen LogP contribution < -0.4 is 0 Å². The van der Waals surface area contributed by atoms with Gasteiger partial charge in [0.05, 0.1) is 0 Å². The van der Waals surface area contributed by atoms with Gasteiger partial charge in [-0.25, -0.2) is 0 Å². The highest BCUT2D eigenvalue weighted by atomic mass is 79.9. The van der Waals surface area contributed by atoms with Crippen molar-refractivity contribution in [3.05, 3.63) is 12.2 Å². The van der Waals surface area contributed by atoms with E-state index in [9.17, 15) is 0 Å². The SMILES string of the molecule is C=C(CBr)CSCC. The molecule has 0 spiro atoms. The number of hydrogen-bond acceptors (Lipinski definition) is 1. The van der Waals surface area contributed by atoms with Crippen LogP contribution in [0.15, 0.2) is 12.2 Å². The zero-order valence-electron chi connectivity index (χ0n) is 5.11. The Morgan fingerprint density at radius 1 is 1.75 bits per heavy atom. The summed E-state index contributed by atoms with van der Waals surface area (Å²) in [4.78, 5) is 0. The monoisotopic (exact) mass is 194 g/mol. The topological polar surface area (TPSA) is 0 Å². The zero-order chi connectivity index (χ0) is 6.41. The number of thioether (sulfide) groups is 1. The summed E-state index contributed by atoms with van der Waals surface area (Å²) in [6, 6.07) is 0. The van der Waals surface area contributed by atoms with Crippen molar-refractivity contribution in [2.75, 3.05) is 16.8 Å². The summed E-state index contributed by atoms with van der Waals surface area (Å²) >= 11 is 5.24. The molecule has 0 N–H and O–H groups in total. The van der Waals surface area contributed by atoms with E-state index >= 15 is 0 Å². The minimum absolute atomic E-state index is 0.944. The molecule has 0 aliphatic heterocycles. The Morgan fingerprint density at radius 2 is 2.38 bits per heavy atom. The molecule has 48 valence electrons. The van der Waals surface area contributed by atoms with Gasteiger partial charge >= 0.3 is 0 Å². The van der Waals surface area contributed by atoms with Crippen LogP contribution in [0.25, 0.3) is 0 Å². The molecule has 0 saturated heterocycles. The lowest BCUT2D eigenvalue weighted by Gasteiger charge is -1.96. The molecule has 0 aromatic carbocycles. The highest BCUT2D eigenvalue weighted by molar-refractivity contribution is 9.09. The van der Waals surface area contributed by atoms with Gasteiger partial charge in [-0.3, -0.25) is 0 Å². The van der Waals surface area contributed by atoms with Crippen molar-refractivity contribution in [1.29, 1.82) is 0 Å². The third-order valence-electron chi connectivity index (χ3n) is 0.699. The molecule has 0 bridgehead atoms. The summed E-state index contributed by atoms with van der Waals surface area (Å²) in [6.45, 7) is 6.00. The summed E-state index contributed by atoms with van der Waals surface area (Å²) in [7, 11) is 0. The summed E-state index contributed by atoms with van der Waals surface area (Å²) in [5.41, 5.74) is 1.27. The van der Waals surface area contributed by atoms with Gasteiger partial charge in [-0.2, -0.15) is 11.8 Å². The third-order valence-corrected chi connectivity index (χ3v) is 2.51. The minimum Gasteiger partial charge on any atom is -0.158 e. The molecule has 0 unspecified atom stereocenters. The Kier molecular flexibility index (Phi) is 6.11. The summed E-state index contributed by atoms with van der Waals surface area (Å²) in [6.07, 6.45) is 0. The standard InChI is InChI=1S/C6H11BrS/c1-3-8-5-6(2)4-7/h2-5H2,1H3. The molecule has 2 heteroatoms. The first-order valence-corrected chi connectivity index (χ1v) is 4.89. The quantitative estimate of drug-likeness (QED) is 0.491. The van der Waals surface area contributed by atoms with E-state index in [4.69, 9.17) is 0 Å². The molecular weight excluding hydrogens is 184 g/mol. The van der Waals surface area contributed by atoms with Gasteiger partial charge in [-0.05, 0) is 5.75 Å². The second-order valence-corrected chi connectivity index (χ2v) is 3.36. The van der Waals surface area contributed by atoms with E-state index in [1.54, 1.807) is 0 Å². The van der Waals surface area contributed by atoms with Crippen molar-refractivity contribution in [3.63, 3.8) is 0 Å². The van der Waals surface area contributed by atoms with Crippen LogP contribution in [-0.4, -0.2) is 16.8 Å². The number of halogens is 1. The van der Waals surface area contributed by atoms with Crippen LogP contribution in [0.1, 0.15) is 6.92 Å². The number of alkyl halides is 1. The van der Waals surface area contributed by atoms with Gasteiger partial charge in [-0.15, -0.1) is 0 Å². The number of rotatable bonds is 4. The van der Waals surface area contributed by atoms with Crippen molar-refractivity contribution in [1.82, 2.24) is 0 Å². The highest BCUT2D eigenvalue weighted by Crippen LogP contribution is 2.06. The maximum Gasteiger partial charge on any atom is 0.0247 e. The molecule has 8 heavy (non-hydrogen) atoms. The first kappa shape index (κ1) is 8.57. The van der Waals surface area contributed by atoms with Gasteiger partial charge in [-0.1, -0.05) is 35.0 Å². The van der Waals surface area contributed by atoms with Gasteiger partial charge in [0.2, 0.25) is 0 Å². The van der Waals surface area contributed by atoms with Crippen molar-refractivity contribution in [2.24, 2.45) is 0 Å². The molecule has 0 nitrogen and oxygen atoms in total. The van der Waals surface area contributed by atoms with Crippen LogP contribution in [0.5, 0.6) is 0 Å². The Morgan fingerprint density at radius 3 is 2.75 bits per heavy atom. The first-order valence-electron chi connectivity index (χ1n) is 2.61. The Hall–Kier alpha value is 0.570. The van der Waals surface area contributed by atoms with Crippen LogP contribution in [0.3, 0.4) is 0 Å². The molecule has 0 saturated carbocycles. The van der Waals surface area contributed by atoms with Crippen LogP contribution in [-0.2, 0) is 0 Å². The molecule has 0 aliphatic carbocycles. The third kappa shape index (κ3) is 4.72. The minimum atomic E-state index is 0.944. The van der Waals surface area contributed by atoms with E-state index in [1.165, 1.54) is 11.3 Å². The van der Waals surface area contributed by atoms with Crippen molar-refractivity contribution in [2.45, 2.75) is 6.92 Å². The lowest BCUT2D eigenvalue weighted by Crippen LogP contribution is -1.85. The van der Waals surface area contributed by atoms with Gasteiger partial charge in [0.25, 0.3) is 0 Å². The van der Waals surface area contributed by atoms with E-state index in [0.717, 1.165) is 11.1 Å². The fourth-order valence-corrected chi connectivity index (χ4v) is 1.34. The van der Waals surface area contributed by atoms with E-state index in [0.29, 0.717) is 0 Å². The van der Waals surface area contributed by atoms with E-state index in [2.05, 4.69) is 29.4 Å². The van der Waals surface area contributed by atoms with Crippen LogP contribution in [0.2, 0.25) is 0 Å². The molecule has 0 aliphatic rings. The molecule has 0 atom stereocenters. The summed E-state index contributed by atoms with van der Waals surface area (Å²) in [5, 5.41) is 0.944. The van der Waals surface area contributed by atoms with Crippen molar-refractivity contribution in [3.8, 4) is 0 Å². The second kappa shape index (κ2) is 5.70. The van der Waals surface area contributed by atoms with Crippen molar-refractivity contribution >= 4 is 27.7 Å². The van der Waals surface area contributed by atoms with Gasteiger partial charge < -0.3 is 0 Å². The maximum atomic E-state index is 3.84. The molecule has 0 amide bonds. The van der Waals surface area contributed by atoms with Gasteiger partial charge in [0.1, 0.15) is 0 Å². The Labute approximate surface area is 63.9 Å². The molecule has 0 rings (SSSR count). The van der Waals surface area contributed by atoms with Gasteiger partial charge in [0.15, 0.2) is 0 Å². The van der Waals surface area contributed by atoms with Crippen LogP contribution in [0, 0.1) is 0 Å². The average molecular weight is 195 g/mol. The molecule has 0 fully saturated rings. The predicted molar refractivity (Wildman–Crippen MR) is 45.9 cm³/mol. The smallest absolute Gasteiger partial charge is 0.0247 e. The van der Waals surface area contributed by atoms with E-state index in [1.807, 2.05) is 11.8 Å². The second-order valence-electron chi connectivity index (χ2n) is 1.52. The predicted octanol–water partition coefficient (Wildman–Crippen LogP) is 2.69. The molecule has 0 radical (unpaired) electrons. The van der Waals surface area contributed by atoms with Crippen molar-refractivity contribution < 1.29 is 0 Å². The van der Waals surface area contributed by atoms with Crippen LogP contribution in [0.4, 0.5) is 0 Å². The lowest BCUT2D eigenvalue weighted by atomic mass is 10.4. The summed E-state index contributed by atoms with van der Waals surface area (Å²) in [5.74, 6) is 2.29. The normalized spacial score (nSPS) is 9.25.